The second kappa shape index (κ2) is 5.20. The number of amides is 1. The molecule has 5 N–H and O–H groups in total. The Morgan fingerprint density at radius 3 is 2.81 bits per heavy atom. The van der Waals surface area contributed by atoms with Crippen molar-refractivity contribution in [2.75, 3.05) is 18.9 Å². The first-order chi connectivity index (χ1) is 7.54. The maximum absolute atomic E-state index is 11.7. The van der Waals surface area contributed by atoms with E-state index < -0.39 is 0 Å². The van der Waals surface area contributed by atoms with Crippen molar-refractivity contribution in [1.82, 2.24) is 9.88 Å². The third-order valence-electron chi connectivity index (χ3n) is 2.21. The van der Waals surface area contributed by atoms with Crippen molar-refractivity contribution in [3.8, 4) is 0 Å². The zero-order valence-electron chi connectivity index (χ0n) is 9.50. The van der Waals surface area contributed by atoms with E-state index in [1.54, 1.807) is 24.7 Å². The standard InChI is InChI=1S/C10H17N5O/c1-13-7-5-8(15(2)6-7)10(16)14-4-3-9(11)12/h5-6,13H,3-4H2,1-2H3,(H3,11,12)(H,14,16). The fraction of sp³-hybridized carbons (Fsp3) is 0.400. The molecule has 0 saturated carbocycles. The molecule has 0 spiro atoms. The van der Waals surface area contributed by atoms with Gasteiger partial charge >= 0.3 is 0 Å². The summed E-state index contributed by atoms with van der Waals surface area (Å²) in [5.74, 6) is -0.0895. The number of hydrogen-bond donors (Lipinski definition) is 4. The van der Waals surface area contributed by atoms with Gasteiger partial charge in [0.1, 0.15) is 5.69 Å². The summed E-state index contributed by atoms with van der Waals surface area (Å²) < 4.78 is 1.74. The van der Waals surface area contributed by atoms with Gasteiger partial charge in [0.25, 0.3) is 5.91 Å². The molecule has 0 aromatic carbocycles. The molecule has 16 heavy (non-hydrogen) atoms. The van der Waals surface area contributed by atoms with Crippen molar-refractivity contribution < 1.29 is 4.79 Å². The number of aromatic nitrogens is 1. The summed E-state index contributed by atoms with van der Waals surface area (Å²) in [7, 11) is 3.60. The average molecular weight is 223 g/mol. The summed E-state index contributed by atoms with van der Waals surface area (Å²) in [4.78, 5) is 11.7. The molecule has 0 aliphatic rings. The van der Waals surface area contributed by atoms with Crippen molar-refractivity contribution in [3.63, 3.8) is 0 Å². The summed E-state index contributed by atoms with van der Waals surface area (Å²) in [6.45, 7) is 0.383. The zero-order chi connectivity index (χ0) is 12.1. The molecule has 0 saturated heterocycles. The van der Waals surface area contributed by atoms with E-state index >= 15 is 0 Å². The van der Waals surface area contributed by atoms with Crippen LogP contribution in [0.4, 0.5) is 5.69 Å². The predicted molar refractivity (Wildman–Crippen MR) is 63.8 cm³/mol. The molecular weight excluding hydrogens is 206 g/mol. The van der Waals surface area contributed by atoms with E-state index in [1.807, 2.05) is 6.20 Å². The Hall–Kier alpha value is -1.98. The van der Waals surface area contributed by atoms with Crippen LogP contribution >= 0.6 is 0 Å². The Kier molecular flexibility index (Phi) is 3.93. The third kappa shape index (κ3) is 3.01. The largest absolute Gasteiger partial charge is 0.388 e. The molecule has 1 heterocycles. The molecule has 6 nitrogen and oxygen atoms in total. The maximum atomic E-state index is 11.7. The molecule has 0 fully saturated rings. The molecule has 0 bridgehead atoms. The van der Waals surface area contributed by atoms with Gasteiger partial charge in [-0.15, -0.1) is 0 Å². The number of carbonyl (C=O) groups excluding carboxylic acids is 1. The average Bonchev–Trinajstić information content (AvgIpc) is 2.59. The third-order valence-corrected chi connectivity index (χ3v) is 2.21. The van der Waals surface area contributed by atoms with E-state index in [0.717, 1.165) is 5.69 Å². The highest BCUT2D eigenvalue weighted by atomic mass is 16.1. The quantitative estimate of drug-likeness (QED) is 0.422. The number of nitrogens with two attached hydrogens (primary N) is 1. The van der Waals surface area contributed by atoms with Gasteiger partial charge in [-0.2, -0.15) is 0 Å². The molecule has 0 aliphatic carbocycles. The monoisotopic (exact) mass is 223 g/mol. The van der Waals surface area contributed by atoms with Crippen LogP contribution in [0.1, 0.15) is 16.9 Å². The number of nitrogens with zero attached hydrogens (tertiary/aromatic N) is 1. The molecule has 1 aromatic heterocycles. The van der Waals surface area contributed by atoms with Crippen molar-refractivity contribution >= 4 is 17.4 Å². The predicted octanol–water partition coefficient (Wildman–Crippen LogP) is 0.123. The Labute approximate surface area is 94.3 Å². The van der Waals surface area contributed by atoms with Gasteiger partial charge in [-0.3, -0.25) is 10.2 Å². The molecule has 1 aromatic rings. The van der Waals surface area contributed by atoms with E-state index in [-0.39, 0.29) is 11.7 Å². The molecule has 88 valence electrons. The first-order valence-corrected chi connectivity index (χ1v) is 4.99. The van der Waals surface area contributed by atoms with Crippen LogP contribution < -0.4 is 16.4 Å². The number of nitrogens with one attached hydrogen (secondary N) is 3. The summed E-state index contributed by atoms with van der Waals surface area (Å²) in [5, 5.41) is 12.7. The van der Waals surface area contributed by atoms with Gasteiger partial charge in [-0.05, 0) is 6.07 Å². The number of rotatable bonds is 5. The van der Waals surface area contributed by atoms with Crippen molar-refractivity contribution in [3.05, 3.63) is 18.0 Å². The zero-order valence-corrected chi connectivity index (χ0v) is 9.50. The summed E-state index contributed by atoms with van der Waals surface area (Å²) >= 11 is 0. The Balaban J connectivity index is 2.58. The summed E-state index contributed by atoms with van der Waals surface area (Å²) in [6, 6.07) is 1.77. The van der Waals surface area contributed by atoms with Gasteiger partial charge in [-0.25, -0.2) is 0 Å². The van der Waals surface area contributed by atoms with Crippen molar-refractivity contribution in [2.24, 2.45) is 12.8 Å². The van der Waals surface area contributed by atoms with E-state index in [1.165, 1.54) is 0 Å². The lowest BCUT2D eigenvalue weighted by Crippen LogP contribution is -2.28. The smallest absolute Gasteiger partial charge is 0.267 e. The maximum Gasteiger partial charge on any atom is 0.267 e. The lowest BCUT2D eigenvalue weighted by Gasteiger charge is -2.04. The van der Waals surface area contributed by atoms with Crippen molar-refractivity contribution in [1.29, 1.82) is 5.41 Å². The molecule has 1 rings (SSSR count). The van der Waals surface area contributed by atoms with E-state index in [9.17, 15) is 4.79 Å². The number of anilines is 1. The van der Waals surface area contributed by atoms with Crippen LogP contribution in [0.15, 0.2) is 12.3 Å². The minimum absolute atomic E-state index is 0.0723. The van der Waals surface area contributed by atoms with Gasteiger partial charge in [-0.1, -0.05) is 0 Å². The number of carbonyl (C=O) groups is 1. The first kappa shape index (κ1) is 12.1. The molecule has 1 amide bonds. The first-order valence-electron chi connectivity index (χ1n) is 4.99. The fourth-order valence-corrected chi connectivity index (χ4v) is 1.33. The van der Waals surface area contributed by atoms with Crippen LogP contribution in [0.3, 0.4) is 0 Å². The van der Waals surface area contributed by atoms with Crippen LogP contribution in [0.2, 0.25) is 0 Å². The summed E-state index contributed by atoms with van der Waals surface area (Å²) in [5.41, 5.74) is 6.65. The normalized spacial score (nSPS) is 9.88. The number of hydrogen-bond acceptors (Lipinski definition) is 3. The van der Waals surface area contributed by atoms with Crippen LogP contribution in [-0.4, -0.2) is 29.9 Å². The minimum Gasteiger partial charge on any atom is -0.388 e. The minimum atomic E-state index is -0.162. The van der Waals surface area contributed by atoms with E-state index in [4.69, 9.17) is 11.1 Å². The highest BCUT2D eigenvalue weighted by Gasteiger charge is 2.10. The number of aryl methyl sites for hydroxylation is 1. The molecular formula is C10H17N5O. The summed E-state index contributed by atoms with van der Waals surface area (Å²) in [6.07, 6.45) is 2.20. The second-order valence-corrected chi connectivity index (χ2v) is 3.51. The van der Waals surface area contributed by atoms with E-state index in [2.05, 4.69) is 10.6 Å². The van der Waals surface area contributed by atoms with Crippen LogP contribution in [-0.2, 0) is 7.05 Å². The van der Waals surface area contributed by atoms with Gasteiger partial charge in [0, 0.05) is 33.3 Å². The van der Waals surface area contributed by atoms with Crippen LogP contribution in [0.25, 0.3) is 0 Å². The molecule has 0 atom stereocenters. The lowest BCUT2D eigenvalue weighted by atomic mass is 10.3. The Bertz CT molecular complexity index is 396. The van der Waals surface area contributed by atoms with Gasteiger partial charge in [0.2, 0.25) is 0 Å². The highest BCUT2D eigenvalue weighted by Crippen LogP contribution is 2.11. The number of amidine groups is 1. The van der Waals surface area contributed by atoms with Crippen LogP contribution in [0.5, 0.6) is 0 Å². The molecule has 6 heteroatoms. The fourth-order valence-electron chi connectivity index (χ4n) is 1.33. The Morgan fingerprint density at radius 1 is 1.62 bits per heavy atom. The Morgan fingerprint density at radius 2 is 2.31 bits per heavy atom. The second-order valence-electron chi connectivity index (χ2n) is 3.51. The van der Waals surface area contributed by atoms with Gasteiger partial charge in [0.05, 0.1) is 11.5 Å². The van der Waals surface area contributed by atoms with Crippen LogP contribution in [0, 0.1) is 5.41 Å². The SMILES string of the molecule is CNc1cc(C(=O)NCCC(=N)N)n(C)c1. The van der Waals surface area contributed by atoms with Gasteiger partial charge in [0.15, 0.2) is 0 Å². The molecule has 0 radical (unpaired) electrons. The van der Waals surface area contributed by atoms with Crippen molar-refractivity contribution in [2.45, 2.75) is 6.42 Å². The molecule has 0 aliphatic heterocycles. The topological polar surface area (TPSA) is 95.9 Å². The highest BCUT2D eigenvalue weighted by molar-refractivity contribution is 5.94. The molecule has 0 unspecified atom stereocenters. The van der Waals surface area contributed by atoms with E-state index in [0.29, 0.717) is 18.7 Å². The van der Waals surface area contributed by atoms with Gasteiger partial charge < -0.3 is 20.9 Å². The lowest BCUT2D eigenvalue weighted by molar-refractivity contribution is 0.0946.